The first-order valence-corrected chi connectivity index (χ1v) is 7.84. The molecule has 0 unspecified atom stereocenters. The number of rotatable bonds is 8. The maximum atomic E-state index is 11.9. The van der Waals surface area contributed by atoms with Gasteiger partial charge in [0.1, 0.15) is 5.69 Å². The number of carbonyl (C=O) groups is 2. The first-order valence-electron chi connectivity index (χ1n) is 7.08. The van der Waals surface area contributed by atoms with Crippen LogP contribution in [0.25, 0.3) is 0 Å². The number of nitro benzene ring substituents is 1. The van der Waals surface area contributed by atoms with E-state index >= 15 is 0 Å². The van der Waals surface area contributed by atoms with Crippen LogP contribution in [0.4, 0.5) is 11.4 Å². The molecule has 0 saturated heterocycles. The number of esters is 2. The second-order valence-corrected chi connectivity index (χ2v) is 5.23. The van der Waals surface area contributed by atoms with E-state index in [-0.39, 0.29) is 34.7 Å². The minimum Gasteiger partial charge on any atom is -0.466 e. The van der Waals surface area contributed by atoms with Gasteiger partial charge in [-0.05, 0) is 19.9 Å². The molecular formula is C14H15Cl2N3O6. The highest BCUT2D eigenvalue weighted by Crippen LogP contribution is 2.33. The largest absolute Gasteiger partial charge is 0.466 e. The van der Waals surface area contributed by atoms with Gasteiger partial charge in [-0.2, -0.15) is 5.10 Å². The van der Waals surface area contributed by atoms with Gasteiger partial charge in [-0.25, -0.2) is 4.79 Å². The minimum absolute atomic E-state index is 0.0139. The lowest BCUT2D eigenvalue weighted by Crippen LogP contribution is -2.23. The molecular weight excluding hydrogens is 377 g/mol. The Morgan fingerprint density at radius 1 is 1.20 bits per heavy atom. The summed E-state index contributed by atoms with van der Waals surface area (Å²) < 4.78 is 9.54. The molecule has 0 bridgehead atoms. The molecule has 0 atom stereocenters. The summed E-state index contributed by atoms with van der Waals surface area (Å²) in [5, 5.41) is 14.8. The summed E-state index contributed by atoms with van der Waals surface area (Å²) in [5.74, 6) is -1.55. The molecule has 0 radical (unpaired) electrons. The number of ether oxygens (including phenoxy) is 2. The number of hydrogen-bond acceptors (Lipinski definition) is 8. The highest BCUT2D eigenvalue weighted by molar-refractivity contribution is 6.42. The molecule has 1 aromatic rings. The summed E-state index contributed by atoms with van der Waals surface area (Å²) in [6.07, 6.45) is -0.463. The fourth-order valence-electron chi connectivity index (χ4n) is 1.63. The second kappa shape index (κ2) is 9.80. The average Bonchev–Trinajstić information content (AvgIpc) is 2.54. The number of nitrogens with zero attached hydrogens (tertiary/aromatic N) is 2. The van der Waals surface area contributed by atoms with Crippen molar-refractivity contribution < 1.29 is 24.0 Å². The summed E-state index contributed by atoms with van der Waals surface area (Å²) in [6, 6.07) is 2.22. The number of benzene rings is 1. The van der Waals surface area contributed by atoms with E-state index in [4.69, 9.17) is 32.7 Å². The van der Waals surface area contributed by atoms with Gasteiger partial charge in [0.2, 0.25) is 0 Å². The Balaban J connectivity index is 3.14. The third-order valence-electron chi connectivity index (χ3n) is 2.67. The van der Waals surface area contributed by atoms with Crippen molar-refractivity contribution in [1.82, 2.24) is 0 Å². The third-order valence-corrected chi connectivity index (χ3v) is 3.40. The Kier molecular flexibility index (Phi) is 8.09. The molecule has 0 aliphatic rings. The predicted molar refractivity (Wildman–Crippen MR) is 92.1 cm³/mol. The molecule has 0 fully saturated rings. The molecule has 0 heterocycles. The lowest BCUT2D eigenvalue weighted by Gasteiger charge is -2.08. The van der Waals surface area contributed by atoms with Gasteiger partial charge in [-0.3, -0.25) is 20.3 Å². The lowest BCUT2D eigenvalue weighted by atomic mass is 10.2. The molecule has 0 aliphatic carbocycles. The molecule has 0 saturated carbocycles. The van der Waals surface area contributed by atoms with Crippen molar-refractivity contribution >= 4 is 52.2 Å². The molecule has 136 valence electrons. The topological polar surface area (TPSA) is 120 Å². The normalized spacial score (nSPS) is 11.0. The number of carbonyl (C=O) groups excluding carboxylic acids is 2. The molecule has 9 nitrogen and oxygen atoms in total. The summed E-state index contributed by atoms with van der Waals surface area (Å²) in [7, 11) is 0. The third kappa shape index (κ3) is 6.20. The summed E-state index contributed by atoms with van der Waals surface area (Å²) in [6.45, 7) is 3.38. The number of nitrogens with one attached hydrogen (secondary N) is 1. The fraction of sp³-hybridized carbons (Fsp3) is 0.357. The standard InChI is InChI=1S/C14H15Cl2N3O6/c1-3-24-13(20)7-11(14(21)25-4-2)18-17-10-5-8(15)9(16)6-12(10)19(22)23/h5-6,17H,3-4,7H2,1-2H3. The first kappa shape index (κ1) is 20.7. The smallest absolute Gasteiger partial charge is 0.355 e. The second-order valence-electron chi connectivity index (χ2n) is 4.41. The number of hydrogen-bond donors (Lipinski definition) is 1. The van der Waals surface area contributed by atoms with Crippen LogP contribution in [0.15, 0.2) is 17.2 Å². The first-order chi connectivity index (χ1) is 11.8. The van der Waals surface area contributed by atoms with Crippen molar-refractivity contribution in [3.05, 3.63) is 32.3 Å². The fourth-order valence-corrected chi connectivity index (χ4v) is 1.95. The van der Waals surface area contributed by atoms with Crippen LogP contribution < -0.4 is 5.43 Å². The van der Waals surface area contributed by atoms with Crippen LogP contribution in [0.5, 0.6) is 0 Å². The number of halogens is 2. The van der Waals surface area contributed by atoms with Crippen LogP contribution in [-0.4, -0.2) is 35.8 Å². The van der Waals surface area contributed by atoms with Crippen molar-refractivity contribution in [3.8, 4) is 0 Å². The Morgan fingerprint density at radius 3 is 2.36 bits per heavy atom. The Labute approximate surface area is 153 Å². The number of hydrazone groups is 1. The molecule has 0 spiro atoms. The molecule has 0 amide bonds. The average molecular weight is 392 g/mol. The zero-order valence-corrected chi connectivity index (χ0v) is 14.9. The van der Waals surface area contributed by atoms with Crippen LogP contribution in [0.1, 0.15) is 20.3 Å². The Bertz CT molecular complexity index is 708. The van der Waals surface area contributed by atoms with Crippen molar-refractivity contribution in [1.29, 1.82) is 0 Å². The highest BCUT2D eigenvalue weighted by atomic mass is 35.5. The van der Waals surface area contributed by atoms with Crippen LogP contribution in [0.3, 0.4) is 0 Å². The lowest BCUT2D eigenvalue weighted by molar-refractivity contribution is -0.383. The highest BCUT2D eigenvalue weighted by Gasteiger charge is 2.21. The van der Waals surface area contributed by atoms with E-state index in [1.165, 1.54) is 6.07 Å². The summed E-state index contributed by atoms with van der Waals surface area (Å²) in [4.78, 5) is 33.8. The van der Waals surface area contributed by atoms with E-state index in [9.17, 15) is 19.7 Å². The zero-order valence-electron chi connectivity index (χ0n) is 13.4. The quantitative estimate of drug-likeness (QED) is 0.312. The molecule has 0 aliphatic heterocycles. The van der Waals surface area contributed by atoms with Crippen LogP contribution in [-0.2, 0) is 19.1 Å². The number of anilines is 1. The van der Waals surface area contributed by atoms with Crippen molar-refractivity contribution in [2.24, 2.45) is 5.10 Å². The van der Waals surface area contributed by atoms with E-state index in [1.54, 1.807) is 13.8 Å². The van der Waals surface area contributed by atoms with E-state index in [0.29, 0.717) is 0 Å². The predicted octanol–water partition coefficient (Wildman–Crippen LogP) is 3.19. The van der Waals surface area contributed by atoms with Gasteiger partial charge in [-0.15, -0.1) is 0 Å². The zero-order chi connectivity index (χ0) is 19.0. The Morgan fingerprint density at radius 2 is 1.80 bits per heavy atom. The molecule has 0 aromatic heterocycles. The van der Waals surface area contributed by atoms with E-state index in [2.05, 4.69) is 10.5 Å². The SMILES string of the molecule is CCOC(=O)CC(=NNc1cc(Cl)c(Cl)cc1[N+](=O)[O-])C(=O)OCC. The maximum Gasteiger partial charge on any atom is 0.355 e. The molecule has 1 N–H and O–H groups in total. The van der Waals surface area contributed by atoms with Gasteiger partial charge in [0.25, 0.3) is 5.69 Å². The van der Waals surface area contributed by atoms with Gasteiger partial charge in [-0.1, -0.05) is 23.2 Å². The van der Waals surface area contributed by atoms with Gasteiger partial charge < -0.3 is 9.47 Å². The summed E-state index contributed by atoms with van der Waals surface area (Å²) in [5.41, 5.74) is 1.53. The monoisotopic (exact) mass is 391 g/mol. The number of nitro groups is 1. The van der Waals surface area contributed by atoms with Crippen LogP contribution >= 0.6 is 23.2 Å². The van der Waals surface area contributed by atoms with Gasteiger partial charge in [0, 0.05) is 6.07 Å². The van der Waals surface area contributed by atoms with Gasteiger partial charge in [0.15, 0.2) is 5.71 Å². The molecule has 1 aromatic carbocycles. The van der Waals surface area contributed by atoms with E-state index in [0.717, 1.165) is 6.07 Å². The molecule has 1 rings (SSSR count). The van der Waals surface area contributed by atoms with Crippen molar-refractivity contribution in [2.45, 2.75) is 20.3 Å². The minimum atomic E-state index is -0.856. The van der Waals surface area contributed by atoms with Crippen molar-refractivity contribution in [3.63, 3.8) is 0 Å². The molecule has 25 heavy (non-hydrogen) atoms. The van der Waals surface area contributed by atoms with Gasteiger partial charge in [0.05, 0.1) is 34.6 Å². The van der Waals surface area contributed by atoms with Gasteiger partial charge >= 0.3 is 11.9 Å². The Hall–Kier alpha value is -2.39. The van der Waals surface area contributed by atoms with Crippen LogP contribution in [0.2, 0.25) is 10.0 Å². The van der Waals surface area contributed by atoms with Crippen LogP contribution in [0, 0.1) is 10.1 Å². The van der Waals surface area contributed by atoms with Crippen molar-refractivity contribution in [2.75, 3.05) is 18.6 Å². The summed E-state index contributed by atoms with van der Waals surface area (Å²) >= 11 is 11.6. The van der Waals surface area contributed by atoms with E-state index in [1.807, 2.05) is 0 Å². The maximum absolute atomic E-state index is 11.9. The molecule has 11 heteroatoms. The van der Waals surface area contributed by atoms with E-state index < -0.39 is 29.0 Å².